The van der Waals surface area contributed by atoms with Crippen molar-refractivity contribution in [1.82, 2.24) is 14.9 Å². The Morgan fingerprint density at radius 2 is 2.30 bits per heavy atom. The van der Waals surface area contributed by atoms with Crippen LogP contribution in [0.3, 0.4) is 0 Å². The molecule has 0 aliphatic heterocycles. The Balaban J connectivity index is 1.77. The van der Waals surface area contributed by atoms with Gasteiger partial charge in [-0.05, 0) is 35.2 Å². The fourth-order valence-corrected chi connectivity index (χ4v) is 2.71. The highest BCUT2D eigenvalue weighted by molar-refractivity contribution is 7.07. The van der Waals surface area contributed by atoms with Crippen LogP contribution in [0.25, 0.3) is 0 Å². The summed E-state index contributed by atoms with van der Waals surface area (Å²) in [5, 5.41) is 7.01. The second-order valence-electron chi connectivity index (χ2n) is 4.83. The van der Waals surface area contributed by atoms with Crippen LogP contribution in [0.15, 0.2) is 29.2 Å². The Bertz CT molecular complexity index is 578. The smallest absolute Gasteiger partial charge is 0.274 e. The van der Waals surface area contributed by atoms with Gasteiger partial charge in [0.1, 0.15) is 11.5 Å². The Hall–Kier alpha value is -1.95. The number of nitrogens with zero attached hydrogens (tertiary/aromatic N) is 3. The number of anilines is 1. The van der Waals surface area contributed by atoms with E-state index in [1.54, 1.807) is 24.6 Å². The second-order valence-corrected chi connectivity index (χ2v) is 5.61. The Morgan fingerprint density at radius 1 is 1.45 bits per heavy atom. The monoisotopic (exact) mass is 288 g/mol. The quantitative estimate of drug-likeness (QED) is 0.917. The van der Waals surface area contributed by atoms with Crippen molar-refractivity contribution in [3.63, 3.8) is 0 Å². The van der Waals surface area contributed by atoms with Crippen LogP contribution in [0.5, 0.6) is 0 Å². The number of rotatable bonds is 5. The number of thiophene rings is 1. The number of hydrogen-bond acceptors (Lipinski definition) is 5. The third kappa shape index (κ3) is 2.80. The molecule has 2 aromatic heterocycles. The van der Waals surface area contributed by atoms with E-state index in [2.05, 4.69) is 26.7 Å². The largest absolute Gasteiger partial charge is 0.372 e. The molecule has 0 saturated heterocycles. The Kier molecular flexibility index (Phi) is 3.64. The molecule has 0 aromatic carbocycles. The molecule has 5 nitrogen and oxygen atoms in total. The van der Waals surface area contributed by atoms with Crippen LogP contribution in [-0.4, -0.2) is 33.9 Å². The Morgan fingerprint density at radius 3 is 2.85 bits per heavy atom. The van der Waals surface area contributed by atoms with Crippen LogP contribution in [0.2, 0.25) is 0 Å². The highest BCUT2D eigenvalue weighted by atomic mass is 32.1. The van der Waals surface area contributed by atoms with Crippen LogP contribution < -0.4 is 5.32 Å². The lowest BCUT2D eigenvalue weighted by Gasteiger charge is -2.21. The highest BCUT2D eigenvalue weighted by Gasteiger charge is 2.33. The van der Waals surface area contributed by atoms with E-state index in [1.165, 1.54) is 11.8 Å². The maximum Gasteiger partial charge on any atom is 0.274 e. The zero-order chi connectivity index (χ0) is 13.9. The molecule has 2 aromatic rings. The predicted molar refractivity (Wildman–Crippen MR) is 78.8 cm³/mol. The molecule has 1 aliphatic rings. The molecule has 1 amide bonds. The summed E-state index contributed by atoms with van der Waals surface area (Å²) >= 11 is 1.65. The van der Waals surface area contributed by atoms with Crippen LogP contribution in [0.4, 0.5) is 5.82 Å². The van der Waals surface area contributed by atoms with Crippen molar-refractivity contribution in [1.29, 1.82) is 0 Å². The van der Waals surface area contributed by atoms with Crippen LogP contribution >= 0.6 is 11.3 Å². The maximum atomic E-state index is 12.6. The van der Waals surface area contributed by atoms with E-state index in [4.69, 9.17) is 0 Å². The second kappa shape index (κ2) is 5.58. The molecule has 3 rings (SSSR count). The van der Waals surface area contributed by atoms with Crippen molar-refractivity contribution in [2.75, 3.05) is 12.4 Å². The van der Waals surface area contributed by atoms with Crippen LogP contribution in [0.1, 0.15) is 28.9 Å². The van der Waals surface area contributed by atoms with E-state index >= 15 is 0 Å². The molecule has 0 spiro atoms. The average molecular weight is 288 g/mol. The molecule has 1 N–H and O–H groups in total. The summed E-state index contributed by atoms with van der Waals surface area (Å²) in [6.45, 7) is 0.655. The van der Waals surface area contributed by atoms with Gasteiger partial charge >= 0.3 is 0 Å². The van der Waals surface area contributed by atoms with Gasteiger partial charge in [0, 0.05) is 19.6 Å². The summed E-state index contributed by atoms with van der Waals surface area (Å²) in [7, 11) is 1.78. The third-order valence-electron chi connectivity index (χ3n) is 3.31. The van der Waals surface area contributed by atoms with Crippen molar-refractivity contribution in [3.8, 4) is 0 Å². The lowest BCUT2D eigenvalue weighted by Crippen LogP contribution is -2.33. The molecule has 20 heavy (non-hydrogen) atoms. The number of carbonyl (C=O) groups excluding carboxylic acids is 1. The minimum Gasteiger partial charge on any atom is -0.372 e. The number of carbonyl (C=O) groups is 1. The normalized spacial score (nSPS) is 14.1. The Labute approximate surface area is 121 Å². The summed E-state index contributed by atoms with van der Waals surface area (Å²) < 4.78 is 0. The first-order chi connectivity index (χ1) is 9.78. The number of aromatic nitrogens is 2. The molecule has 0 atom stereocenters. The molecule has 104 valence electrons. The fraction of sp³-hybridized carbons (Fsp3) is 0.357. The number of nitrogens with one attached hydrogen (secondary N) is 1. The van der Waals surface area contributed by atoms with Gasteiger partial charge in [0.05, 0.1) is 12.4 Å². The predicted octanol–water partition coefficient (Wildman–Crippen LogP) is 2.38. The average Bonchev–Trinajstić information content (AvgIpc) is 3.21. The van der Waals surface area contributed by atoms with Gasteiger partial charge in [0.25, 0.3) is 5.91 Å². The first-order valence-corrected chi connectivity index (χ1v) is 7.54. The molecule has 1 saturated carbocycles. The van der Waals surface area contributed by atoms with E-state index < -0.39 is 0 Å². The van der Waals surface area contributed by atoms with Crippen molar-refractivity contribution >= 4 is 23.1 Å². The van der Waals surface area contributed by atoms with E-state index in [1.807, 2.05) is 10.3 Å². The molecule has 6 heteroatoms. The number of hydrogen-bond donors (Lipinski definition) is 1. The number of amides is 1. The zero-order valence-corrected chi connectivity index (χ0v) is 12.1. The molecule has 0 bridgehead atoms. The molecule has 1 aliphatic carbocycles. The van der Waals surface area contributed by atoms with E-state index in [9.17, 15) is 4.79 Å². The summed E-state index contributed by atoms with van der Waals surface area (Å²) in [6, 6.07) is 2.41. The van der Waals surface area contributed by atoms with E-state index in [-0.39, 0.29) is 5.91 Å². The summed E-state index contributed by atoms with van der Waals surface area (Å²) in [5.74, 6) is 0.631. The molecular formula is C14H16N4OS. The van der Waals surface area contributed by atoms with E-state index in [0.29, 0.717) is 24.1 Å². The van der Waals surface area contributed by atoms with Gasteiger partial charge < -0.3 is 10.2 Å². The van der Waals surface area contributed by atoms with Gasteiger partial charge in [-0.2, -0.15) is 11.3 Å². The van der Waals surface area contributed by atoms with Gasteiger partial charge in [-0.25, -0.2) is 9.97 Å². The molecule has 1 fully saturated rings. The molecule has 0 unspecified atom stereocenters. The standard InChI is InChI=1S/C14H16N4OS/c1-15-13-7-16-12(6-17-13)14(19)18(11-2-3-11)8-10-4-5-20-9-10/h4-7,9,11H,2-3,8H2,1H3,(H,15,17). The van der Waals surface area contributed by atoms with Crippen molar-refractivity contribution in [2.45, 2.75) is 25.4 Å². The first-order valence-electron chi connectivity index (χ1n) is 6.60. The van der Waals surface area contributed by atoms with E-state index in [0.717, 1.165) is 12.8 Å². The minimum absolute atomic E-state index is 0.0335. The summed E-state index contributed by atoms with van der Waals surface area (Å²) in [6.07, 6.45) is 5.29. The molecule has 2 heterocycles. The third-order valence-corrected chi connectivity index (χ3v) is 4.04. The molecule has 0 radical (unpaired) electrons. The lowest BCUT2D eigenvalue weighted by atomic mass is 10.2. The lowest BCUT2D eigenvalue weighted by molar-refractivity contribution is 0.0723. The van der Waals surface area contributed by atoms with Gasteiger partial charge in [-0.1, -0.05) is 0 Å². The fourth-order valence-electron chi connectivity index (χ4n) is 2.05. The SMILES string of the molecule is CNc1cnc(C(=O)N(Cc2ccsc2)C2CC2)cn1. The van der Waals surface area contributed by atoms with Gasteiger partial charge in [0.15, 0.2) is 0 Å². The van der Waals surface area contributed by atoms with Gasteiger partial charge in [-0.3, -0.25) is 4.79 Å². The van der Waals surface area contributed by atoms with Crippen molar-refractivity contribution in [3.05, 3.63) is 40.5 Å². The highest BCUT2D eigenvalue weighted by Crippen LogP contribution is 2.29. The molecular weight excluding hydrogens is 272 g/mol. The van der Waals surface area contributed by atoms with Crippen LogP contribution in [-0.2, 0) is 6.54 Å². The van der Waals surface area contributed by atoms with Gasteiger partial charge in [-0.15, -0.1) is 0 Å². The van der Waals surface area contributed by atoms with Crippen LogP contribution in [0, 0.1) is 0 Å². The zero-order valence-electron chi connectivity index (χ0n) is 11.2. The maximum absolute atomic E-state index is 12.6. The summed E-state index contributed by atoms with van der Waals surface area (Å²) in [4.78, 5) is 22.8. The van der Waals surface area contributed by atoms with Gasteiger partial charge in [0.2, 0.25) is 0 Å². The summed E-state index contributed by atoms with van der Waals surface area (Å²) in [5.41, 5.74) is 1.58. The first kappa shape index (κ1) is 13.1. The van der Waals surface area contributed by atoms with Crippen molar-refractivity contribution < 1.29 is 4.79 Å². The van der Waals surface area contributed by atoms with Crippen molar-refractivity contribution in [2.24, 2.45) is 0 Å². The topological polar surface area (TPSA) is 58.1 Å². The minimum atomic E-state index is -0.0335.